The Kier molecular flexibility index (Phi) is 3.50. The topological polar surface area (TPSA) is 66.0 Å². The molecule has 0 aliphatic rings. The number of nitrogen functional groups attached to an aromatic ring is 1. The molecule has 1 aromatic heterocycles. The van der Waals surface area contributed by atoms with Gasteiger partial charge >= 0.3 is 0 Å². The summed E-state index contributed by atoms with van der Waals surface area (Å²) in [7, 11) is 0. The maximum Gasteiger partial charge on any atom is 0.165 e. The Hall–Kier alpha value is -2.04. The summed E-state index contributed by atoms with van der Waals surface area (Å²) < 4.78 is 7.60. The highest BCUT2D eigenvalue weighted by molar-refractivity contribution is 5.56. The molecule has 0 amide bonds. The zero-order chi connectivity index (χ0) is 13.1. The molecule has 0 fully saturated rings. The van der Waals surface area contributed by atoms with Gasteiger partial charge in [0.2, 0.25) is 0 Å². The molecule has 0 aliphatic carbocycles. The summed E-state index contributed by atoms with van der Waals surface area (Å²) in [6.45, 7) is 6.45. The number of rotatable bonds is 4. The Balaban J connectivity index is 2.14. The second-order valence-corrected chi connectivity index (χ2v) is 4.50. The first-order valence-corrected chi connectivity index (χ1v) is 5.96. The number of nitrogens with zero attached hydrogens (tertiary/aromatic N) is 3. The van der Waals surface area contributed by atoms with Crippen LogP contribution in [-0.2, 0) is 6.61 Å². The molecule has 0 atom stereocenters. The monoisotopic (exact) mass is 246 g/mol. The summed E-state index contributed by atoms with van der Waals surface area (Å²) >= 11 is 0. The van der Waals surface area contributed by atoms with Crippen LogP contribution in [-0.4, -0.2) is 14.8 Å². The zero-order valence-corrected chi connectivity index (χ0v) is 10.9. The molecule has 2 rings (SSSR count). The van der Waals surface area contributed by atoms with E-state index in [0.29, 0.717) is 12.3 Å². The van der Waals surface area contributed by atoms with Gasteiger partial charge < -0.3 is 10.5 Å². The van der Waals surface area contributed by atoms with Crippen molar-refractivity contribution in [2.24, 2.45) is 0 Å². The lowest BCUT2D eigenvalue weighted by Crippen LogP contribution is -2.11. The molecule has 0 bridgehead atoms. The SMILES string of the molecule is Cc1cccc(N)c1OCc1ncnn1C(C)C. The lowest BCUT2D eigenvalue weighted by molar-refractivity contribution is 0.282. The lowest BCUT2D eigenvalue weighted by atomic mass is 10.2. The highest BCUT2D eigenvalue weighted by atomic mass is 16.5. The van der Waals surface area contributed by atoms with Crippen molar-refractivity contribution in [3.8, 4) is 5.75 Å². The fraction of sp³-hybridized carbons (Fsp3) is 0.385. The summed E-state index contributed by atoms with van der Waals surface area (Å²) in [5.74, 6) is 1.52. The van der Waals surface area contributed by atoms with Crippen molar-refractivity contribution in [2.75, 3.05) is 5.73 Å². The van der Waals surface area contributed by atoms with Crippen LogP contribution < -0.4 is 10.5 Å². The maximum absolute atomic E-state index is 5.89. The fourth-order valence-electron chi connectivity index (χ4n) is 1.82. The average Bonchev–Trinajstić information content (AvgIpc) is 2.76. The van der Waals surface area contributed by atoms with Crippen molar-refractivity contribution in [3.05, 3.63) is 35.9 Å². The number of ether oxygens (including phenoxy) is 1. The van der Waals surface area contributed by atoms with Crippen LogP contribution in [0.2, 0.25) is 0 Å². The smallest absolute Gasteiger partial charge is 0.165 e. The van der Waals surface area contributed by atoms with Gasteiger partial charge in [0.15, 0.2) is 5.82 Å². The van der Waals surface area contributed by atoms with Crippen LogP contribution in [0, 0.1) is 6.92 Å². The van der Waals surface area contributed by atoms with E-state index in [2.05, 4.69) is 23.9 Å². The van der Waals surface area contributed by atoms with Crippen molar-refractivity contribution in [3.63, 3.8) is 0 Å². The summed E-state index contributed by atoms with van der Waals surface area (Å²) in [4.78, 5) is 4.20. The molecule has 0 unspecified atom stereocenters. The van der Waals surface area contributed by atoms with Gasteiger partial charge in [-0.3, -0.25) is 0 Å². The Morgan fingerprint density at radius 2 is 2.17 bits per heavy atom. The first kappa shape index (κ1) is 12.4. The highest BCUT2D eigenvalue weighted by Crippen LogP contribution is 2.26. The van der Waals surface area contributed by atoms with Crippen LogP contribution in [0.3, 0.4) is 0 Å². The second kappa shape index (κ2) is 5.08. The largest absolute Gasteiger partial charge is 0.483 e. The van der Waals surface area contributed by atoms with Crippen LogP contribution in [0.25, 0.3) is 0 Å². The molecule has 2 aromatic rings. The molecule has 0 radical (unpaired) electrons. The molecular weight excluding hydrogens is 228 g/mol. The Morgan fingerprint density at radius 3 is 2.83 bits per heavy atom. The van der Waals surface area contributed by atoms with E-state index in [1.54, 1.807) is 6.33 Å². The lowest BCUT2D eigenvalue weighted by Gasteiger charge is -2.13. The molecule has 0 spiro atoms. The minimum atomic E-state index is 0.264. The van der Waals surface area contributed by atoms with Crippen molar-refractivity contribution < 1.29 is 4.74 Å². The number of para-hydroxylation sites is 1. The molecule has 5 nitrogen and oxygen atoms in total. The van der Waals surface area contributed by atoms with Gasteiger partial charge in [0, 0.05) is 6.04 Å². The molecule has 1 heterocycles. The van der Waals surface area contributed by atoms with E-state index in [9.17, 15) is 0 Å². The van der Waals surface area contributed by atoms with E-state index >= 15 is 0 Å². The van der Waals surface area contributed by atoms with Crippen LogP contribution in [0.5, 0.6) is 5.75 Å². The first-order valence-electron chi connectivity index (χ1n) is 5.96. The summed E-state index contributed by atoms with van der Waals surface area (Å²) in [5, 5.41) is 4.17. The Labute approximate surface area is 107 Å². The number of nitrogens with two attached hydrogens (primary N) is 1. The Morgan fingerprint density at radius 1 is 1.39 bits per heavy atom. The number of aryl methyl sites for hydroxylation is 1. The molecular formula is C13H18N4O. The van der Waals surface area contributed by atoms with E-state index < -0.39 is 0 Å². The first-order chi connectivity index (χ1) is 8.59. The van der Waals surface area contributed by atoms with Gasteiger partial charge in [-0.05, 0) is 32.4 Å². The predicted octanol–water partition coefficient (Wildman–Crippen LogP) is 2.33. The van der Waals surface area contributed by atoms with Gasteiger partial charge in [0.1, 0.15) is 18.7 Å². The molecule has 18 heavy (non-hydrogen) atoms. The maximum atomic E-state index is 5.89. The van der Waals surface area contributed by atoms with E-state index in [1.165, 1.54) is 0 Å². The van der Waals surface area contributed by atoms with Crippen molar-refractivity contribution in [2.45, 2.75) is 33.4 Å². The van der Waals surface area contributed by atoms with E-state index in [4.69, 9.17) is 10.5 Å². The number of aromatic nitrogens is 3. The molecule has 0 saturated heterocycles. The third kappa shape index (κ3) is 2.45. The summed E-state index contributed by atoms with van der Waals surface area (Å²) in [5.41, 5.74) is 7.55. The van der Waals surface area contributed by atoms with Crippen LogP contribution in [0.4, 0.5) is 5.69 Å². The van der Waals surface area contributed by atoms with Crippen molar-refractivity contribution in [1.82, 2.24) is 14.8 Å². The minimum Gasteiger partial charge on any atom is -0.483 e. The molecule has 96 valence electrons. The van der Waals surface area contributed by atoms with Crippen LogP contribution in [0.1, 0.15) is 31.3 Å². The Bertz CT molecular complexity index is 513. The fourth-order valence-corrected chi connectivity index (χ4v) is 1.82. The zero-order valence-electron chi connectivity index (χ0n) is 10.9. The predicted molar refractivity (Wildman–Crippen MR) is 70.3 cm³/mol. The molecule has 2 N–H and O–H groups in total. The quantitative estimate of drug-likeness (QED) is 0.841. The number of benzene rings is 1. The summed E-state index contributed by atoms with van der Waals surface area (Å²) in [6, 6.07) is 5.98. The molecule has 5 heteroatoms. The van der Waals surface area contributed by atoms with Crippen LogP contribution >= 0.6 is 0 Å². The van der Waals surface area contributed by atoms with Crippen molar-refractivity contribution in [1.29, 1.82) is 0 Å². The number of anilines is 1. The van der Waals surface area contributed by atoms with Gasteiger partial charge in [-0.2, -0.15) is 5.10 Å². The molecule has 0 aliphatic heterocycles. The van der Waals surface area contributed by atoms with Crippen molar-refractivity contribution >= 4 is 5.69 Å². The van der Waals surface area contributed by atoms with Gasteiger partial charge in [0.05, 0.1) is 5.69 Å². The van der Waals surface area contributed by atoms with Gasteiger partial charge in [0.25, 0.3) is 0 Å². The summed E-state index contributed by atoms with van der Waals surface area (Å²) in [6.07, 6.45) is 1.54. The van der Waals surface area contributed by atoms with E-state index in [0.717, 1.165) is 17.1 Å². The normalized spacial score (nSPS) is 10.9. The third-order valence-corrected chi connectivity index (χ3v) is 2.72. The van der Waals surface area contributed by atoms with Crippen LogP contribution in [0.15, 0.2) is 24.5 Å². The number of hydrogen-bond donors (Lipinski definition) is 1. The standard InChI is InChI=1S/C13H18N4O/c1-9(2)17-12(15-8-16-17)7-18-13-10(3)5-4-6-11(13)14/h4-6,8-9H,7,14H2,1-3H3. The number of hydrogen-bond acceptors (Lipinski definition) is 4. The van der Waals surface area contributed by atoms with E-state index in [1.807, 2.05) is 29.8 Å². The average molecular weight is 246 g/mol. The molecule has 0 saturated carbocycles. The van der Waals surface area contributed by atoms with E-state index in [-0.39, 0.29) is 6.04 Å². The second-order valence-electron chi connectivity index (χ2n) is 4.50. The van der Waals surface area contributed by atoms with Gasteiger partial charge in [-0.1, -0.05) is 12.1 Å². The minimum absolute atomic E-state index is 0.264. The van der Waals surface area contributed by atoms with Gasteiger partial charge in [-0.15, -0.1) is 0 Å². The third-order valence-electron chi connectivity index (χ3n) is 2.72. The highest BCUT2D eigenvalue weighted by Gasteiger charge is 2.10. The van der Waals surface area contributed by atoms with Gasteiger partial charge in [-0.25, -0.2) is 9.67 Å². The molecule has 1 aromatic carbocycles.